The van der Waals surface area contributed by atoms with Crippen LogP contribution in [0.1, 0.15) is 16.7 Å². The summed E-state index contributed by atoms with van der Waals surface area (Å²) >= 11 is 0. The number of amidine groups is 2. The van der Waals surface area contributed by atoms with Crippen molar-refractivity contribution in [3.63, 3.8) is 0 Å². The first kappa shape index (κ1) is 24.5. The molecular weight excluding hydrogens is 423 g/mol. The molecule has 7 nitrogen and oxygen atoms in total. The third kappa shape index (κ3) is 6.80. The van der Waals surface area contributed by atoms with E-state index >= 15 is 0 Å². The maximum atomic E-state index is 7.39. The van der Waals surface area contributed by atoms with Crippen molar-refractivity contribution < 1.29 is 4.74 Å². The van der Waals surface area contributed by atoms with Crippen LogP contribution in [0.3, 0.4) is 0 Å². The average Bonchev–Trinajstić information content (AvgIpc) is 2.70. The first-order valence-corrected chi connectivity index (χ1v) is 8.47. The highest BCUT2D eigenvalue weighted by atomic mass is 35.5. The van der Waals surface area contributed by atoms with Crippen LogP contribution in [0.15, 0.2) is 77.9 Å². The molecule has 0 aliphatic carbocycles. The van der Waals surface area contributed by atoms with Gasteiger partial charge in [-0.2, -0.15) is 5.10 Å². The van der Waals surface area contributed by atoms with Gasteiger partial charge < -0.3 is 16.2 Å². The third-order valence-corrected chi connectivity index (χ3v) is 3.88. The van der Waals surface area contributed by atoms with E-state index in [9.17, 15) is 0 Å². The predicted octanol–water partition coefficient (Wildman–Crippen LogP) is 4.34. The number of nitrogen functional groups attached to an aromatic ring is 2. The van der Waals surface area contributed by atoms with Crippen LogP contribution in [-0.4, -0.2) is 17.9 Å². The molecule has 0 bridgehead atoms. The first-order valence-electron chi connectivity index (χ1n) is 8.47. The first-order chi connectivity index (χ1) is 13.5. The van der Waals surface area contributed by atoms with Gasteiger partial charge in [0.05, 0.1) is 11.9 Å². The topological polar surface area (TPSA) is 133 Å². The van der Waals surface area contributed by atoms with Crippen molar-refractivity contribution >= 4 is 48.4 Å². The zero-order valence-electron chi connectivity index (χ0n) is 15.8. The molecule has 0 aliphatic heterocycles. The summed E-state index contributed by atoms with van der Waals surface area (Å²) in [5.74, 6) is 1.42. The molecule has 30 heavy (non-hydrogen) atoms. The van der Waals surface area contributed by atoms with Crippen LogP contribution < -0.4 is 21.6 Å². The second-order valence-corrected chi connectivity index (χ2v) is 5.97. The van der Waals surface area contributed by atoms with Gasteiger partial charge in [-0.05, 0) is 78.4 Å². The molecule has 0 spiro atoms. The normalized spacial score (nSPS) is 9.87. The molecule has 0 radical (unpaired) electrons. The number of rotatable bonds is 7. The number of benzene rings is 3. The molecule has 3 aromatic rings. The summed E-state index contributed by atoms with van der Waals surface area (Å²) in [6.45, 7) is 0. The Morgan fingerprint density at radius 1 is 0.733 bits per heavy atom. The Kier molecular flexibility index (Phi) is 9.35. The van der Waals surface area contributed by atoms with Crippen LogP contribution in [0.5, 0.6) is 11.5 Å². The minimum absolute atomic E-state index is 0. The van der Waals surface area contributed by atoms with Crippen molar-refractivity contribution in [1.29, 1.82) is 10.8 Å². The van der Waals surface area contributed by atoms with Gasteiger partial charge >= 0.3 is 0 Å². The van der Waals surface area contributed by atoms with Crippen molar-refractivity contribution in [3.8, 4) is 11.5 Å². The number of anilines is 1. The highest BCUT2D eigenvalue weighted by molar-refractivity contribution is 5.95. The Bertz CT molecular complexity index is 1000. The van der Waals surface area contributed by atoms with Gasteiger partial charge in [-0.25, -0.2) is 0 Å². The molecule has 0 saturated heterocycles. The minimum atomic E-state index is 0. The Morgan fingerprint density at radius 2 is 1.17 bits per heavy atom. The zero-order chi connectivity index (χ0) is 19.9. The van der Waals surface area contributed by atoms with E-state index in [4.69, 9.17) is 27.0 Å². The molecule has 0 saturated carbocycles. The Balaban J connectivity index is 0.00000225. The third-order valence-electron chi connectivity index (χ3n) is 3.88. The van der Waals surface area contributed by atoms with E-state index in [1.165, 1.54) is 0 Å². The lowest BCUT2D eigenvalue weighted by atomic mass is 10.2. The summed E-state index contributed by atoms with van der Waals surface area (Å²) in [6, 6.07) is 21.6. The van der Waals surface area contributed by atoms with Crippen molar-refractivity contribution in [1.82, 2.24) is 0 Å². The van der Waals surface area contributed by atoms with E-state index in [-0.39, 0.29) is 36.5 Å². The lowest BCUT2D eigenvalue weighted by Gasteiger charge is -2.07. The van der Waals surface area contributed by atoms with E-state index < -0.39 is 0 Å². The summed E-state index contributed by atoms with van der Waals surface area (Å²) < 4.78 is 5.77. The monoisotopic (exact) mass is 444 g/mol. The van der Waals surface area contributed by atoms with E-state index in [2.05, 4.69) is 10.5 Å². The predicted molar refractivity (Wildman–Crippen MR) is 127 cm³/mol. The van der Waals surface area contributed by atoms with Gasteiger partial charge in [0.1, 0.15) is 23.2 Å². The molecule has 7 N–H and O–H groups in total. The fourth-order valence-electron chi connectivity index (χ4n) is 2.37. The average molecular weight is 445 g/mol. The number of hydrogen-bond donors (Lipinski definition) is 5. The van der Waals surface area contributed by atoms with Gasteiger partial charge in [0.2, 0.25) is 0 Å². The smallest absolute Gasteiger partial charge is 0.127 e. The number of hydrazone groups is 1. The van der Waals surface area contributed by atoms with Gasteiger partial charge in [0.25, 0.3) is 0 Å². The van der Waals surface area contributed by atoms with Gasteiger partial charge in [-0.1, -0.05) is 0 Å². The summed E-state index contributed by atoms with van der Waals surface area (Å²) in [7, 11) is 0. The van der Waals surface area contributed by atoms with Gasteiger partial charge in [0.15, 0.2) is 0 Å². The number of nitrogens with one attached hydrogen (secondary N) is 3. The standard InChI is InChI=1S/C21H20N6O.2ClH/c22-20(23)15-3-7-17(8-4-15)27-26-13-14-1-9-18(10-2-14)28-19-11-5-16(6-12-19)21(24)25;;/h1-13,27H,(H3,22,23)(H3,24,25);2*1H/b26-13+;;. The number of nitrogens with zero attached hydrogens (tertiary/aromatic N) is 1. The van der Waals surface area contributed by atoms with Crippen molar-refractivity contribution in [3.05, 3.63) is 89.5 Å². The highest BCUT2D eigenvalue weighted by Gasteiger charge is 2.00. The van der Waals surface area contributed by atoms with Gasteiger partial charge in [-0.15, -0.1) is 24.8 Å². The van der Waals surface area contributed by atoms with E-state index in [1.807, 2.05) is 36.4 Å². The van der Waals surface area contributed by atoms with Crippen LogP contribution in [0.2, 0.25) is 0 Å². The summed E-state index contributed by atoms with van der Waals surface area (Å²) in [6.07, 6.45) is 1.70. The molecule has 0 atom stereocenters. The van der Waals surface area contributed by atoms with Crippen LogP contribution in [0, 0.1) is 10.8 Å². The molecule has 3 aromatic carbocycles. The maximum Gasteiger partial charge on any atom is 0.127 e. The molecule has 0 fully saturated rings. The number of hydrogen-bond acceptors (Lipinski definition) is 5. The van der Waals surface area contributed by atoms with Crippen molar-refractivity contribution in [2.75, 3.05) is 5.43 Å². The lowest BCUT2D eigenvalue weighted by molar-refractivity contribution is 0.482. The number of ether oxygens (including phenoxy) is 1. The quantitative estimate of drug-likeness (QED) is 0.210. The number of nitrogens with two attached hydrogens (primary N) is 2. The molecule has 0 aromatic heterocycles. The second-order valence-electron chi connectivity index (χ2n) is 5.97. The largest absolute Gasteiger partial charge is 0.457 e. The molecular formula is C21H22Cl2N6O. The fraction of sp³-hybridized carbons (Fsp3) is 0. The zero-order valence-corrected chi connectivity index (χ0v) is 17.5. The van der Waals surface area contributed by atoms with E-state index in [1.54, 1.807) is 42.6 Å². The fourth-order valence-corrected chi connectivity index (χ4v) is 2.37. The van der Waals surface area contributed by atoms with Gasteiger partial charge in [-0.3, -0.25) is 16.2 Å². The van der Waals surface area contributed by atoms with Crippen LogP contribution >= 0.6 is 24.8 Å². The molecule has 9 heteroatoms. The summed E-state index contributed by atoms with van der Waals surface area (Å²) in [5.41, 5.74) is 16.8. The summed E-state index contributed by atoms with van der Waals surface area (Å²) in [4.78, 5) is 0. The van der Waals surface area contributed by atoms with E-state index in [0.717, 1.165) is 11.3 Å². The lowest BCUT2D eigenvalue weighted by Crippen LogP contribution is -2.10. The van der Waals surface area contributed by atoms with E-state index in [0.29, 0.717) is 22.6 Å². The molecule has 156 valence electrons. The SMILES string of the molecule is Cl.Cl.N=C(N)c1ccc(N/N=C/c2ccc(Oc3ccc(C(=N)N)cc3)cc2)cc1. The summed E-state index contributed by atoms with van der Waals surface area (Å²) in [5, 5.41) is 19.0. The van der Waals surface area contributed by atoms with Crippen LogP contribution in [0.4, 0.5) is 5.69 Å². The van der Waals surface area contributed by atoms with Crippen molar-refractivity contribution in [2.24, 2.45) is 16.6 Å². The molecule has 3 rings (SSSR count). The van der Waals surface area contributed by atoms with Gasteiger partial charge in [0, 0.05) is 11.1 Å². The second kappa shape index (κ2) is 11.5. The van der Waals surface area contributed by atoms with Crippen LogP contribution in [0.25, 0.3) is 0 Å². The number of halogens is 2. The minimum Gasteiger partial charge on any atom is -0.457 e. The van der Waals surface area contributed by atoms with Crippen LogP contribution in [-0.2, 0) is 0 Å². The molecule has 0 unspecified atom stereocenters. The Hall–Kier alpha value is -3.55. The molecule has 0 amide bonds. The molecule has 0 aliphatic rings. The molecule has 0 heterocycles. The Labute approximate surface area is 187 Å². The van der Waals surface area contributed by atoms with Crippen molar-refractivity contribution in [2.45, 2.75) is 0 Å². The maximum absolute atomic E-state index is 7.39. The highest BCUT2D eigenvalue weighted by Crippen LogP contribution is 2.21. The Morgan fingerprint density at radius 3 is 1.63 bits per heavy atom.